The average molecular weight is 275 g/mol. The van der Waals surface area contributed by atoms with Gasteiger partial charge in [0.1, 0.15) is 0 Å². The summed E-state index contributed by atoms with van der Waals surface area (Å²) in [4.78, 5) is 13.2. The fraction of sp³-hybridized carbons (Fsp3) is 0.588. The van der Waals surface area contributed by atoms with Crippen LogP contribution in [0.25, 0.3) is 0 Å². The molecule has 0 bridgehead atoms. The van der Waals surface area contributed by atoms with Gasteiger partial charge in [0.25, 0.3) is 0 Å². The Bertz CT molecular complexity index is 418. The van der Waals surface area contributed by atoms with E-state index in [1.807, 2.05) is 0 Å². The minimum absolute atomic E-state index is 0.242. The average Bonchev–Trinajstić information content (AvgIpc) is 2.49. The van der Waals surface area contributed by atoms with Crippen molar-refractivity contribution in [3.05, 3.63) is 35.9 Å². The molecule has 110 valence electrons. The predicted octanol–water partition coefficient (Wildman–Crippen LogP) is 3.51. The Balaban J connectivity index is 2.10. The Morgan fingerprint density at radius 1 is 1.25 bits per heavy atom. The third kappa shape index (κ3) is 3.83. The second-order valence-corrected chi connectivity index (χ2v) is 5.64. The van der Waals surface area contributed by atoms with Gasteiger partial charge in [-0.3, -0.25) is 9.69 Å². The van der Waals surface area contributed by atoms with E-state index >= 15 is 0 Å². The molecule has 3 heteroatoms. The third-order valence-corrected chi connectivity index (χ3v) is 4.45. The van der Waals surface area contributed by atoms with Crippen molar-refractivity contribution in [3.8, 4) is 0 Å². The van der Waals surface area contributed by atoms with E-state index in [0.717, 1.165) is 6.54 Å². The van der Waals surface area contributed by atoms with Crippen molar-refractivity contribution >= 4 is 5.97 Å². The maximum Gasteiger partial charge on any atom is 0.304 e. The molecule has 2 rings (SSSR count). The summed E-state index contributed by atoms with van der Waals surface area (Å²) in [6.07, 6.45) is 5.20. The summed E-state index contributed by atoms with van der Waals surface area (Å²) in [5.74, 6) is -0.144. The molecule has 1 aliphatic rings. The summed E-state index contributed by atoms with van der Waals surface area (Å²) >= 11 is 0. The first-order valence-electron chi connectivity index (χ1n) is 7.73. The number of carboxylic acids is 1. The summed E-state index contributed by atoms with van der Waals surface area (Å²) in [7, 11) is 0. The van der Waals surface area contributed by atoms with E-state index in [-0.39, 0.29) is 6.42 Å². The molecular formula is C17H25NO2. The predicted molar refractivity (Wildman–Crippen MR) is 80.9 cm³/mol. The van der Waals surface area contributed by atoms with Crippen molar-refractivity contribution in [1.29, 1.82) is 0 Å². The van der Waals surface area contributed by atoms with Crippen LogP contribution in [0.1, 0.15) is 50.5 Å². The first kappa shape index (κ1) is 15.0. The maximum absolute atomic E-state index is 10.8. The van der Waals surface area contributed by atoms with Crippen molar-refractivity contribution in [2.45, 2.75) is 51.0 Å². The summed E-state index contributed by atoms with van der Waals surface area (Å²) in [5, 5.41) is 8.91. The van der Waals surface area contributed by atoms with Gasteiger partial charge in [0.2, 0.25) is 0 Å². The number of carboxylic acid groups (broad SMARTS) is 1. The highest BCUT2D eigenvalue weighted by atomic mass is 16.4. The number of benzene rings is 1. The Morgan fingerprint density at radius 2 is 1.95 bits per heavy atom. The lowest BCUT2D eigenvalue weighted by Gasteiger charge is -2.39. The van der Waals surface area contributed by atoms with Crippen LogP contribution in [0.2, 0.25) is 0 Å². The molecule has 0 radical (unpaired) electrons. The molecule has 1 aliphatic carbocycles. The fourth-order valence-corrected chi connectivity index (χ4v) is 3.44. The van der Waals surface area contributed by atoms with E-state index in [4.69, 9.17) is 5.11 Å². The van der Waals surface area contributed by atoms with Crippen LogP contribution in [-0.2, 0) is 4.79 Å². The van der Waals surface area contributed by atoms with Crippen molar-refractivity contribution < 1.29 is 9.90 Å². The standard InChI is InChI=1S/C17H25NO2/c1-2-18(13-12-17(19)20)16-11-7-6-10-15(16)14-8-4-3-5-9-14/h3-5,8-9,15-16H,2,6-7,10-13H2,1H3,(H,19,20). The quantitative estimate of drug-likeness (QED) is 0.863. The van der Waals surface area contributed by atoms with Crippen LogP contribution in [-0.4, -0.2) is 35.1 Å². The highest BCUT2D eigenvalue weighted by Gasteiger charge is 2.30. The van der Waals surface area contributed by atoms with Gasteiger partial charge in [-0.2, -0.15) is 0 Å². The highest BCUT2D eigenvalue weighted by Crippen LogP contribution is 2.36. The van der Waals surface area contributed by atoms with Crippen LogP contribution in [0.15, 0.2) is 30.3 Å². The molecule has 1 N–H and O–H groups in total. The second kappa shape index (κ2) is 7.44. The van der Waals surface area contributed by atoms with Crippen molar-refractivity contribution in [2.75, 3.05) is 13.1 Å². The van der Waals surface area contributed by atoms with Gasteiger partial charge in [-0.1, -0.05) is 50.1 Å². The molecule has 1 aromatic carbocycles. The number of rotatable bonds is 6. The van der Waals surface area contributed by atoms with E-state index in [1.54, 1.807) is 0 Å². The lowest BCUT2D eigenvalue weighted by atomic mass is 9.79. The molecule has 3 nitrogen and oxygen atoms in total. The number of nitrogens with zero attached hydrogens (tertiary/aromatic N) is 1. The Kier molecular flexibility index (Phi) is 5.60. The maximum atomic E-state index is 10.8. The van der Waals surface area contributed by atoms with E-state index < -0.39 is 5.97 Å². The topological polar surface area (TPSA) is 40.5 Å². The van der Waals surface area contributed by atoms with Crippen molar-refractivity contribution in [3.63, 3.8) is 0 Å². The van der Waals surface area contributed by atoms with Gasteiger partial charge < -0.3 is 5.11 Å². The van der Waals surface area contributed by atoms with Crippen LogP contribution < -0.4 is 0 Å². The summed E-state index contributed by atoms with van der Waals surface area (Å²) in [6, 6.07) is 11.2. The summed E-state index contributed by atoms with van der Waals surface area (Å²) in [5.41, 5.74) is 1.41. The van der Waals surface area contributed by atoms with Gasteiger partial charge in [0, 0.05) is 12.6 Å². The Hall–Kier alpha value is -1.35. The molecule has 1 aromatic rings. The van der Waals surface area contributed by atoms with Gasteiger partial charge in [0.15, 0.2) is 0 Å². The zero-order valence-corrected chi connectivity index (χ0v) is 12.3. The van der Waals surface area contributed by atoms with Crippen molar-refractivity contribution in [2.24, 2.45) is 0 Å². The van der Waals surface area contributed by atoms with Crippen LogP contribution in [0.4, 0.5) is 0 Å². The van der Waals surface area contributed by atoms with Crippen LogP contribution in [0.5, 0.6) is 0 Å². The fourth-order valence-electron chi connectivity index (χ4n) is 3.44. The normalized spacial score (nSPS) is 22.9. The van der Waals surface area contributed by atoms with Gasteiger partial charge in [0.05, 0.1) is 6.42 Å². The minimum atomic E-state index is -0.699. The first-order valence-corrected chi connectivity index (χ1v) is 7.73. The van der Waals surface area contributed by atoms with Gasteiger partial charge in [-0.15, -0.1) is 0 Å². The molecule has 2 atom stereocenters. The Morgan fingerprint density at radius 3 is 2.60 bits per heavy atom. The smallest absolute Gasteiger partial charge is 0.304 e. The van der Waals surface area contributed by atoms with Crippen molar-refractivity contribution in [1.82, 2.24) is 4.90 Å². The SMILES string of the molecule is CCN(CCC(=O)O)C1CCCCC1c1ccccc1. The van der Waals surface area contributed by atoms with E-state index in [1.165, 1.54) is 31.2 Å². The van der Waals surface area contributed by atoms with Gasteiger partial charge in [-0.25, -0.2) is 0 Å². The number of hydrogen-bond donors (Lipinski definition) is 1. The lowest BCUT2D eigenvalue weighted by Crippen LogP contribution is -2.42. The number of aliphatic carboxylic acids is 1. The second-order valence-electron chi connectivity index (χ2n) is 5.64. The third-order valence-electron chi connectivity index (χ3n) is 4.45. The molecule has 0 aromatic heterocycles. The number of carbonyl (C=O) groups is 1. The number of likely N-dealkylation sites (N-methyl/N-ethyl adjacent to an activating group) is 1. The summed E-state index contributed by atoms with van der Waals surface area (Å²) < 4.78 is 0. The summed E-state index contributed by atoms with van der Waals surface area (Å²) in [6.45, 7) is 3.74. The number of hydrogen-bond acceptors (Lipinski definition) is 2. The molecule has 1 saturated carbocycles. The highest BCUT2D eigenvalue weighted by molar-refractivity contribution is 5.66. The first-order chi connectivity index (χ1) is 9.72. The van der Waals surface area contributed by atoms with E-state index in [2.05, 4.69) is 42.2 Å². The largest absolute Gasteiger partial charge is 0.481 e. The minimum Gasteiger partial charge on any atom is -0.481 e. The molecule has 0 saturated heterocycles. The molecular weight excluding hydrogens is 250 g/mol. The van der Waals surface area contributed by atoms with Gasteiger partial charge in [-0.05, 0) is 30.9 Å². The molecule has 0 spiro atoms. The molecule has 0 heterocycles. The molecule has 0 amide bonds. The monoisotopic (exact) mass is 275 g/mol. The zero-order chi connectivity index (χ0) is 14.4. The zero-order valence-electron chi connectivity index (χ0n) is 12.3. The molecule has 2 unspecified atom stereocenters. The Labute approximate surface area is 121 Å². The van der Waals surface area contributed by atoms with E-state index in [9.17, 15) is 4.79 Å². The van der Waals surface area contributed by atoms with Gasteiger partial charge >= 0.3 is 5.97 Å². The van der Waals surface area contributed by atoms with Crippen LogP contribution >= 0.6 is 0 Å². The lowest BCUT2D eigenvalue weighted by molar-refractivity contribution is -0.137. The molecule has 20 heavy (non-hydrogen) atoms. The van der Waals surface area contributed by atoms with E-state index in [0.29, 0.717) is 18.5 Å². The van der Waals surface area contributed by atoms with Crippen LogP contribution in [0.3, 0.4) is 0 Å². The van der Waals surface area contributed by atoms with Crippen LogP contribution in [0, 0.1) is 0 Å². The molecule has 1 fully saturated rings. The molecule has 0 aliphatic heterocycles.